The zero-order valence-corrected chi connectivity index (χ0v) is 12.5. The zero-order chi connectivity index (χ0) is 13.8. The molecule has 1 N–H and O–H groups in total. The van der Waals surface area contributed by atoms with Crippen molar-refractivity contribution < 1.29 is 8.42 Å². The summed E-state index contributed by atoms with van der Waals surface area (Å²) in [5.41, 5.74) is 2.02. The fraction of sp³-hybridized carbons (Fsp3) is 0.571. The molecule has 4 heteroatoms. The SMILES string of the molecule is CNCCc1cc(C)ccc1S(=O)(=O)CC(C)C. The van der Waals surface area contributed by atoms with Crippen LogP contribution in [0, 0.1) is 12.8 Å². The summed E-state index contributed by atoms with van der Waals surface area (Å²) in [5.74, 6) is 0.358. The minimum atomic E-state index is -3.17. The van der Waals surface area contributed by atoms with Crippen LogP contribution in [0.5, 0.6) is 0 Å². The smallest absolute Gasteiger partial charge is 0.178 e. The monoisotopic (exact) mass is 269 g/mol. The van der Waals surface area contributed by atoms with Crippen LogP contribution in [0.4, 0.5) is 0 Å². The van der Waals surface area contributed by atoms with E-state index in [1.165, 1.54) is 0 Å². The van der Waals surface area contributed by atoms with Gasteiger partial charge in [0.05, 0.1) is 10.6 Å². The Kier molecular flexibility index (Phi) is 5.35. The molecule has 3 nitrogen and oxygen atoms in total. The summed E-state index contributed by atoms with van der Waals surface area (Å²) in [5, 5.41) is 3.06. The van der Waals surface area contributed by atoms with Crippen molar-refractivity contribution in [3.05, 3.63) is 29.3 Å². The predicted molar refractivity (Wildman–Crippen MR) is 75.7 cm³/mol. The van der Waals surface area contributed by atoms with Gasteiger partial charge in [0.2, 0.25) is 0 Å². The summed E-state index contributed by atoms with van der Waals surface area (Å²) >= 11 is 0. The fourth-order valence-electron chi connectivity index (χ4n) is 2.00. The average molecular weight is 269 g/mol. The molecule has 0 aromatic heterocycles. The highest BCUT2D eigenvalue weighted by Gasteiger charge is 2.19. The molecule has 0 radical (unpaired) electrons. The minimum Gasteiger partial charge on any atom is -0.319 e. The second-order valence-electron chi connectivity index (χ2n) is 5.14. The molecular formula is C14H23NO2S. The van der Waals surface area contributed by atoms with E-state index < -0.39 is 9.84 Å². The first-order valence-corrected chi connectivity index (χ1v) is 7.99. The lowest BCUT2D eigenvalue weighted by Gasteiger charge is -2.13. The molecule has 0 fully saturated rings. The third kappa shape index (κ3) is 4.10. The van der Waals surface area contributed by atoms with Crippen LogP contribution in [-0.4, -0.2) is 27.8 Å². The van der Waals surface area contributed by atoms with Gasteiger partial charge in [0.1, 0.15) is 0 Å². The highest BCUT2D eigenvalue weighted by molar-refractivity contribution is 7.91. The van der Waals surface area contributed by atoms with Gasteiger partial charge in [0.15, 0.2) is 9.84 Å². The minimum absolute atomic E-state index is 0.147. The molecule has 0 aliphatic rings. The molecule has 0 saturated heterocycles. The maximum absolute atomic E-state index is 12.3. The third-order valence-electron chi connectivity index (χ3n) is 2.75. The van der Waals surface area contributed by atoms with Gasteiger partial charge in [-0.05, 0) is 44.5 Å². The highest BCUT2D eigenvalue weighted by Crippen LogP contribution is 2.21. The van der Waals surface area contributed by atoms with Gasteiger partial charge in [-0.2, -0.15) is 0 Å². The van der Waals surface area contributed by atoms with E-state index in [-0.39, 0.29) is 11.7 Å². The molecule has 0 aliphatic heterocycles. The van der Waals surface area contributed by atoms with Gasteiger partial charge in [-0.15, -0.1) is 0 Å². The highest BCUT2D eigenvalue weighted by atomic mass is 32.2. The normalized spacial score (nSPS) is 12.1. The maximum Gasteiger partial charge on any atom is 0.178 e. The van der Waals surface area contributed by atoms with Gasteiger partial charge >= 0.3 is 0 Å². The zero-order valence-electron chi connectivity index (χ0n) is 11.7. The molecule has 0 aliphatic carbocycles. The van der Waals surface area contributed by atoms with Gasteiger partial charge in [-0.3, -0.25) is 0 Å². The Labute approximate surface area is 111 Å². The van der Waals surface area contributed by atoms with Crippen molar-refractivity contribution in [3.63, 3.8) is 0 Å². The van der Waals surface area contributed by atoms with E-state index in [1.54, 1.807) is 6.07 Å². The summed E-state index contributed by atoms with van der Waals surface area (Å²) in [4.78, 5) is 0.497. The Hall–Kier alpha value is -0.870. The molecule has 0 atom stereocenters. The molecule has 0 heterocycles. The number of sulfone groups is 1. The summed E-state index contributed by atoms with van der Waals surface area (Å²) < 4.78 is 24.6. The lowest BCUT2D eigenvalue weighted by atomic mass is 10.1. The Morgan fingerprint density at radius 2 is 1.94 bits per heavy atom. The van der Waals surface area contributed by atoms with Crippen molar-refractivity contribution >= 4 is 9.84 Å². The molecule has 0 unspecified atom stereocenters. The Bertz CT molecular complexity index is 493. The molecule has 1 rings (SSSR count). The van der Waals surface area contributed by atoms with E-state index in [1.807, 2.05) is 40.0 Å². The second-order valence-corrected chi connectivity index (χ2v) is 7.14. The first-order chi connectivity index (χ1) is 8.36. The largest absolute Gasteiger partial charge is 0.319 e. The van der Waals surface area contributed by atoms with Gasteiger partial charge in [-0.1, -0.05) is 31.5 Å². The Morgan fingerprint density at radius 1 is 1.28 bits per heavy atom. The van der Waals surface area contributed by atoms with Crippen LogP contribution in [0.1, 0.15) is 25.0 Å². The predicted octanol–water partition coefficient (Wildman–Crippen LogP) is 2.19. The number of aryl methyl sites for hydroxylation is 1. The summed E-state index contributed by atoms with van der Waals surface area (Å²) in [6, 6.07) is 5.60. The van der Waals surface area contributed by atoms with Gasteiger partial charge in [0, 0.05) is 0 Å². The van der Waals surface area contributed by atoms with Gasteiger partial charge in [-0.25, -0.2) is 8.42 Å². The molecule has 0 spiro atoms. The molecule has 102 valence electrons. The summed E-state index contributed by atoms with van der Waals surface area (Å²) in [6.07, 6.45) is 0.741. The number of rotatable bonds is 6. The molecule has 0 saturated carbocycles. The van der Waals surface area contributed by atoms with Crippen LogP contribution in [0.3, 0.4) is 0 Å². The van der Waals surface area contributed by atoms with Crippen molar-refractivity contribution in [1.82, 2.24) is 5.32 Å². The van der Waals surface area contributed by atoms with Gasteiger partial charge in [0.25, 0.3) is 0 Å². The van der Waals surface area contributed by atoms with E-state index in [9.17, 15) is 8.42 Å². The van der Waals surface area contributed by atoms with Crippen LogP contribution in [0.25, 0.3) is 0 Å². The molecule has 0 amide bonds. The first kappa shape index (κ1) is 15.2. The summed E-state index contributed by atoms with van der Waals surface area (Å²) in [6.45, 7) is 6.63. The van der Waals surface area contributed by atoms with Crippen molar-refractivity contribution in [2.45, 2.75) is 32.1 Å². The molecule has 1 aromatic carbocycles. The number of nitrogens with one attached hydrogen (secondary N) is 1. The number of benzene rings is 1. The molecule has 1 aromatic rings. The van der Waals surface area contributed by atoms with Crippen LogP contribution < -0.4 is 5.32 Å². The fourth-order valence-corrected chi connectivity index (χ4v) is 3.89. The van der Waals surface area contributed by atoms with Crippen molar-refractivity contribution in [3.8, 4) is 0 Å². The van der Waals surface area contributed by atoms with E-state index >= 15 is 0 Å². The van der Waals surface area contributed by atoms with Crippen LogP contribution in [0.15, 0.2) is 23.1 Å². The quantitative estimate of drug-likeness (QED) is 0.861. The van der Waals surface area contributed by atoms with E-state index in [0.29, 0.717) is 4.90 Å². The Morgan fingerprint density at radius 3 is 2.50 bits per heavy atom. The Balaban J connectivity index is 3.14. The lowest BCUT2D eigenvalue weighted by Crippen LogP contribution is -2.17. The second kappa shape index (κ2) is 6.34. The van der Waals surface area contributed by atoms with E-state index in [0.717, 1.165) is 24.1 Å². The first-order valence-electron chi connectivity index (χ1n) is 6.33. The number of hydrogen-bond donors (Lipinski definition) is 1. The van der Waals surface area contributed by atoms with Crippen LogP contribution in [0.2, 0.25) is 0 Å². The van der Waals surface area contributed by atoms with Gasteiger partial charge < -0.3 is 5.32 Å². The third-order valence-corrected chi connectivity index (χ3v) is 4.92. The average Bonchev–Trinajstić information content (AvgIpc) is 2.24. The number of likely N-dealkylation sites (N-methyl/N-ethyl adjacent to an activating group) is 1. The summed E-state index contributed by atoms with van der Waals surface area (Å²) in [7, 11) is -1.29. The van der Waals surface area contributed by atoms with Crippen molar-refractivity contribution in [2.75, 3.05) is 19.3 Å². The van der Waals surface area contributed by atoms with Crippen molar-refractivity contribution in [1.29, 1.82) is 0 Å². The topological polar surface area (TPSA) is 46.2 Å². The number of hydrogen-bond acceptors (Lipinski definition) is 3. The molecule has 0 bridgehead atoms. The van der Waals surface area contributed by atoms with E-state index in [2.05, 4.69) is 5.32 Å². The standard InChI is InChI=1S/C14H23NO2S/c1-11(2)10-18(16,17)14-6-5-12(3)9-13(14)7-8-15-4/h5-6,9,11,15H,7-8,10H2,1-4H3. The van der Waals surface area contributed by atoms with E-state index in [4.69, 9.17) is 0 Å². The lowest BCUT2D eigenvalue weighted by molar-refractivity contribution is 0.581. The molecular weight excluding hydrogens is 246 g/mol. The van der Waals surface area contributed by atoms with Crippen LogP contribution in [-0.2, 0) is 16.3 Å². The maximum atomic E-state index is 12.3. The van der Waals surface area contributed by atoms with Crippen LogP contribution >= 0.6 is 0 Å². The molecule has 18 heavy (non-hydrogen) atoms. The van der Waals surface area contributed by atoms with Crippen molar-refractivity contribution in [2.24, 2.45) is 5.92 Å².